The number of furan rings is 2. The van der Waals surface area contributed by atoms with Crippen LogP contribution >= 0.6 is 0 Å². The quantitative estimate of drug-likeness (QED) is 0.259. The van der Waals surface area contributed by atoms with Crippen molar-refractivity contribution >= 4 is 67.9 Å². The van der Waals surface area contributed by atoms with E-state index in [9.17, 15) is 5.11 Å². The van der Waals surface area contributed by atoms with Gasteiger partial charge >= 0.3 is 7.48 Å². The van der Waals surface area contributed by atoms with Crippen molar-refractivity contribution in [3.8, 4) is 11.5 Å². The lowest BCUT2D eigenvalue weighted by Gasteiger charge is -2.37. The molecule has 0 fully saturated rings. The van der Waals surface area contributed by atoms with Crippen LogP contribution in [0.1, 0.15) is 27.7 Å². The molecule has 0 bridgehead atoms. The van der Waals surface area contributed by atoms with Gasteiger partial charge in [0.2, 0.25) is 5.89 Å². The lowest BCUT2D eigenvalue weighted by molar-refractivity contribution is -0.0893. The topological polar surface area (TPSA) is 81.8 Å². The van der Waals surface area contributed by atoms with Crippen LogP contribution in [0.4, 0.5) is 0 Å². The van der Waals surface area contributed by atoms with Crippen LogP contribution in [0.3, 0.4) is 0 Å². The minimum atomic E-state index is -0.988. The van der Waals surface area contributed by atoms with Gasteiger partial charge in [-0.25, -0.2) is 4.98 Å². The average molecular weight is 503 g/mol. The Morgan fingerprint density at radius 3 is 2.32 bits per heavy atom. The molecule has 0 aliphatic rings. The zero-order valence-electron chi connectivity index (χ0n) is 21.7. The lowest BCUT2D eigenvalue weighted by Crippen LogP contribution is -2.49. The van der Waals surface area contributed by atoms with E-state index in [0.29, 0.717) is 19.0 Å². The SMILES string of the molecule is CC(C)(O)C(C)(C)OBc1cccc2c1oc1cc3oc(-c4ccc5oc6ccccc6c5c4)nc3cc12. The number of aliphatic hydroxyl groups is 1. The van der Waals surface area contributed by atoms with Crippen LogP contribution < -0.4 is 5.46 Å². The predicted octanol–water partition coefficient (Wildman–Crippen LogP) is 6.84. The van der Waals surface area contributed by atoms with E-state index in [0.717, 1.165) is 60.4 Å². The molecule has 1 N–H and O–H groups in total. The number of aromatic nitrogens is 1. The van der Waals surface area contributed by atoms with Crippen LogP contribution in [-0.2, 0) is 4.65 Å². The highest BCUT2D eigenvalue weighted by atomic mass is 16.5. The van der Waals surface area contributed by atoms with Gasteiger partial charge in [-0.1, -0.05) is 36.4 Å². The first-order valence-electron chi connectivity index (χ1n) is 12.7. The number of hydrogen-bond donors (Lipinski definition) is 1. The molecular formula is C31H26BNO5. The fraction of sp³-hybridized carbons (Fsp3) is 0.194. The summed E-state index contributed by atoms with van der Waals surface area (Å²) in [5, 5.41) is 14.5. The van der Waals surface area contributed by atoms with E-state index in [-0.39, 0.29) is 0 Å². The molecule has 0 unspecified atom stereocenters. The Morgan fingerprint density at radius 1 is 0.711 bits per heavy atom. The average Bonchev–Trinajstić information content (AvgIpc) is 3.57. The smallest absolute Gasteiger partial charge is 0.313 e. The Hall–Kier alpha value is -4.07. The van der Waals surface area contributed by atoms with Crippen molar-refractivity contribution in [1.29, 1.82) is 0 Å². The third-order valence-electron chi connectivity index (χ3n) is 7.77. The van der Waals surface area contributed by atoms with Gasteiger partial charge in [0, 0.05) is 33.2 Å². The first-order chi connectivity index (χ1) is 18.2. The molecule has 6 nitrogen and oxygen atoms in total. The van der Waals surface area contributed by atoms with Crippen molar-refractivity contribution in [2.24, 2.45) is 0 Å². The van der Waals surface area contributed by atoms with Gasteiger partial charge in [0.05, 0.1) is 11.2 Å². The normalized spacial score (nSPS) is 13.0. The van der Waals surface area contributed by atoms with E-state index < -0.39 is 11.2 Å². The summed E-state index contributed by atoms with van der Waals surface area (Å²) in [4.78, 5) is 4.82. The zero-order valence-corrected chi connectivity index (χ0v) is 21.7. The maximum Gasteiger partial charge on any atom is 0.313 e. The van der Waals surface area contributed by atoms with E-state index >= 15 is 0 Å². The number of benzene rings is 4. The van der Waals surface area contributed by atoms with E-state index in [1.165, 1.54) is 0 Å². The van der Waals surface area contributed by atoms with Crippen LogP contribution in [0, 0.1) is 0 Å². The number of oxazole rings is 1. The maximum absolute atomic E-state index is 10.5. The Balaban J connectivity index is 1.29. The van der Waals surface area contributed by atoms with Gasteiger partial charge in [-0.3, -0.25) is 0 Å². The van der Waals surface area contributed by atoms with Gasteiger partial charge in [0.1, 0.15) is 27.8 Å². The standard InChI is InChI=1S/C31H26BNO5/c1-30(2,34)31(3,4)38-32-22-10-7-9-19-21-15-23-27(16-26(21)36-28(19)22)37-29(33-23)17-12-13-25-20(14-17)18-8-5-6-11-24(18)35-25/h5-16,32,34H,1-4H3. The largest absolute Gasteiger partial charge is 0.456 e. The second kappa shape index (κ2) is 7.97. The Kier molecular flexibility index (Phi) is 4.84. The van der Waals surface area contributed by atoms with Gasteiger partial charge in [0.25, 0.3) is 0 Å². The van der Waals surface area contributed by atoms with Gasteiger partial charge < -0.3 is 23.0 Å². The Labute approximate surface area is 219 Å². The van der Waals surface area contributed by atoms with E-state index in [1.807, 2.05) is 74.5 Å². The van der Waals surface area contributed by atoms with Crippen molar-refractivity contribution < 1.29 is 23.0 Å². The van der Waals surface area contributed by atoms with Gasteiger partial charge in [-0.05, 0) is 63.5 Å². The minimum absolute atomic E-state index is 0.317. The molecule has 188 valence electrons. The fourth-order valence-corrected chi connectivity index (χ4v) is 4.81. The molecule has 0 radical (unpaired) electrons. The summed E-state index contributed by atoms with van der Waals surface area (Å²) in [6.45, 7) is 7.27. The molecule has 38 heavy (non-hydrogen) atoms. The van der Waals surface area contributed by atoms with Crippen molar-refractivity contribution in [1.82, 2.24) is 4.98 Å². The van der Waals surface area contributed by atoms with Gasteiger partial charge in [0.15, 0.2) is 5.58 Å². The summed E-state index contributed by atoms with van der Waals surface area (Å²) in [6, 6.07) is 23.9. The molecule has 3 aromatic heterocycles. The molecule has 4 aromatic carbocycles. The second-order valence-corrected chi connectivity index (χ2v) is 10.9. The second-order valence-electron chi connectivity index (χ2n) is 10.9. The van der Waals surface area contributed by atoms with Crippen molar-refractivity contribution in [2.45, 2.75) is 38.9 Å². The number of hydrogen-bond acceptors (Lipinski definition) is 6. The monoisotopic (exact) mass is 503 g/mol. The molecule has 0 saturated carbocycles. The molecular weight excluding hydrogens is 477 g/mol. The Bertz CT molecular complexity index is 2000. The van der Waals surface area contributed by atoms with Crippen LogP contribution in [-0.4, -0.2) is 28.8 Å². The third kappa shape index (κ3) is 3.54. The molecule has 7 aromatic rings. The number of fused-ring (bicyclic) bond motifs is 7. The Morgan fingerprint density at radius 2 is 1.47 bits per heavy atom. The molecule has 0 spiro atoms. The molecule has 0 aliphatic heterocycles. The highest BCUT2D eigenvalue weighted by Gasteiger charge is 2.36. The summed E-state index contributed by atoms with van der Waals surface area (Å²) in [6.07, 6.45) is 0. The summed E-state index contributed by atoms with van der Waals surface area (Å²) < 4.78 is 24.6. The summed E-state index contributed by atoms with van der Waals surface area (Å²) in [5.74, 6) is 0.548. The lowest BCUT2D eigenvalue weighted by atomic mass is 9.82. The molecule has 7 heteroatoms. The number of nitrogens with zero attached hydrogens (tertiary/aromatic N) is 1. The van der Waals surface area contributed by atoms with Crippen LogP contribution in [0.15, 0.2) is 86.0 Å². The molecule has 0 amide bonds. The highest BCUT2D eigenvalue weighted by molar-refractivity contribution is 6.51. The number of rotatable bonds is 5. The molecule has 0 saturated heterocycles. The summed E-state index contributed by atoms with van der Waals surface area (Å²) in [7, 11) is 0.317. The van der Waals surface area contributed by atoms with Crippen molar-refractivity contribution in [2.75, 3.05) is 0 Å². The zero-order chi connectivity index (χ0) is 26.2. The van der Waals surface area contributed by atoms with Crippen molar-refractivity contribution in [3.05, 3.63) is 72.8 Å². The van der Waals surface area contributed by atoms with E-state index in [4.69, 9.17) is 22.9 Å². The van der Waals surface area contributed by atoms with Crippen LogP contribution in [0.5, 0.6) is 0 Å². The number of para-hydroxylation sites is 2. The highest BCUT2D eigenvalue weighted by Crippen LogP contribution is 2.36. The third-order valence-corrected chi connectivity index (χ3v) is 7.77. The first kappa shape index (κ1) is 23.1. The van der Waals surface area contributed by atoms with Crippen molar-refractivity contribution in [3.63, 3.8) is 0 Å². The molecule has 0 atom stereocenters. The molecule has 3 heterocycles. The van der Waals surface area contributed by atoms with Gasteiger partial charge in [-0.15, -0.1) is 0 Å². The minimum Gasteiger partial charge on any atom is -0.456 e. The molecule has 0 aliphatic carbocycles. The predicted molar refractivity (Wildman–Crippen MR) is 152 cm³/mol. The summed E-state index contributed by atoms with van der Waals surface area (Å²) in [5.41, 5.74) is 4.68. The summed E-state index contributed by atoms with van der Waals surface area (Å²) >= 11 is 0. The van der Waals surface area contributed by atoms with E-state index in [1.54, 1.807) is 13.8 Å². The van der Waals surface area contributed by atoms with Gasteiger partial charge in [-0.2, -0.15) is 0 Å². The maximum atomic E-state index is 10.5. The van der Waals surface area contributed by atoms with E-state index in [2.05, 4.69) is 12.1 Å². The van der Waals surface area contributed by atoms with Crippen LogP contribution in [0.2, 0.25) is 0 Å². The molecule has 7 rings (SSSR count). The van der Waals surface area contributed by atoms with Crippen LogP contribution in [0.25, 0.3) is 66.4 Å². The first-order valence-corrected chi connectivity index (χ1v) is 12.7. The fourth-order valence-electron chi connectivity index (χ4n) is 4.81.